The van der Waals surface area contributed by atoms with E-state index in [0.29, 0.717) is 12.0 Å². The Morgan fingerprint density at radius 2 is 2.06 bits per heavy atom. The summed E-state index contributed by atoms with van der Waals surface area (Å²) in [6.45, 7) is 3.62. The molecular formula is C15H20N2O. The summed E-state index contributed by atoms with van der Waals surface area (Å²) in [4.78, 5) is 14.1. The summed E-state index contributed by atoms with van der Waals surface area (Å²) in [5.41, 5.74) is 1.60. The maximum atomic E-state index is 12.0. The van der Waals surface area contributed by atoms with Crippen molar-refractivity contribution in [1.82, 2.24) is 10.2 Å². The molecule has 3 heteroatoms. The molecule has 0 radical (unpaired) electrons. The van der Waals surface area contributed by atoms with Crippen LogP contribution in [-0.4, -0.2) is 23.9 Å². The molecule has 0 spiro atoms. The van der Waals surface area contributed by atoms with Crippen molar-refractivity contribution in [3.05, 3.63) is 35.9 Å². The number of nitrogens with one attached hydrogen (secondary N) is 1. The molecule has 1 N–H and O–H groups in total. The van der Waals surface area contributed by atoms with Crippen molar-refractivity contribution in [2.24, 2.45) is 5.41 Å². The standard InChI is InChI=1S/C15H20N2O/c1-2-15(8-9-15)11-17-13(18)10-16-14(17)12-6-4-3-5-7-12/h3-7,14,16H,2,8-11H2,1H3. The number of carbonyl (C=O) groups is 1. The summed E-state index contributed by atoms with van der Waals surface area (Å²) in [5, 5.41) is 3.32. The van der Waals surface area contributed by atoms with Gasteiger partial charge in [0.15, 0.2) is 0 Å². The van der Waals surface area contributed by atoms with Gasteiger partial charge < -0.3 is 4.90 Å². The predicted molar refractivity (Wildman–Crippen MR) is 70.9 cm³/mol. The van der Waals surface area contributed by atoms with E-state index < -0.39 is 0 Å². The lowest BCUT2D eigenvalue weighted by atomic mass is 10.0. The molecule has 3 rings (SSSR count). The number of amides is 1. The second kappa shape index (κ2) is 4.39. The topological polar surface area (TPSA) is 32.3 Å². The number of hydrogen-bond donors (Lipinski definition) is 1. The van der Waals surface area contributed by atoms with Crippen molar-refractivity contribution < 1.29 is 4.79 Å². The molecule has 96 valence electrons. The van der Waals surface area contributed by atoms with Crippen molar-refractivity contribution in [2.45, 2.75) is 32.4 Å². The van der Waals surface area contributed by atoms with Crippen molar-refractivity contribution >= 4 is 5.91 Å². The Balaban J connectivity index is 1.80. The van der Waals surface area contributed by atoms with Crippen LogP contribution in [-0.2, 0) is 4.79 Å². The maximum absolute atomic E-state index is 12.0. The average molecular weight is 244 g/mol. The van der Waals surface area contributed by atoms with Crippen LogP contribution in [0, 0.1) is 5.41 Å². The van der Waals surface area contributed by atoms with Crippen LogP contribution in [0.5, 0.6) is 0 Å². The Hall–Kier alpha value is -1.35. The molecule has 0 bridgehead atoms. The minimum atomic E-state index is 0.0720. The third-order valence-electron chi connectivity index (χ3n) is 4.41. The van der Waals surface area contributed by atoms with Gasteiger partial charge in [-0.2, -0.15) is 0 Å². The molecule has 2 fully saturated rings. The molecule has 1 heterocycles. The van der Waals surface area contributed by atoms with Crippen LogP contribution < -0.4 is 5.32 Å². The largest absolute Gasteiger partial charge is 0.321 e. The zero-order valence-corrected chi connectivity index (χ0v) is 10.9. The molecule has 1 atom stereocenters. The first-order valence-corrected chi connectivity index (χ1v) is 6.82. The van der Waals surface area contributed by atoms with E-state index in [9.17, 15) is 4.79 Å². The fourth-order valence-corrected chi connectivity index (χ4v) is 2.81. The highest BCUT2D eigenvalue weighted by atomic mass is 16.2. The van der Waals surface area contributed by atoms with E-state index in [1.807, 2.05) is 23.1 Å². The summed E-state index contributed by atoms with van der Waals surface area (Å²) >= 11 is 0. The zero-order valence-electron chi connectivity index (χ0n) is 10.9. The van der Waals surface area contributed by atoms with Crippen LogP contribution in [0.1, 0.15) is 37.9 Å². The highest BCUT2D eigenvalue weighted by Crippen LogP contribution is 2.50. The van der Waals surface area contributed by atoms with E-state index in [2.05, 4.69) is 24.4 Å². The van der Waals surface area contributed by atoms with Crippen LogP contribution in [0.2, 0.25) is 0 Å². The van der Waals surface area contributed by atoms with Gasteiger partial charge in [-0.3, -0.25) is 10.1 Å². The van der Waals surface area contributed by atoms with E-state index in [1.54, 1.807) is 0 Å². The molecule has 1 aromatic rings. The monoisotopic (exact) mass is 244 g/mol. The quantitative estimate of drug-likeness (QED) is 0.881. The third kappa shape index (κ3) is 2.03. The van der Waals surface area contributed by atoms with Gasteiger partial charge >= 0.3 is 0 Å². The van der Waals surface area contributed by atoms with E-state index >= 15 is 0 Å². The summed E-state index contributed by atoms with van der Waals surface area (Å²) in [6.07, 6.45) is 3.80. The molecule has 1 aliphatic carbocycles. The van der Waals surface area contributed by atoms with Gasteiger partial charge in [-0.1, -0.05) is 37.3 Å². The molecular weight excluding hydrogens is 224 g/mol. The van der Waals surface area contributed by atoms with E-state index in [-0.39, 0.29) is 12.1 Å². The normalized spacial score (nSPS) is 25.5. The Morgan fingerprint density at radius 1 is 1.33 bits per heavy atom. The molecule has 1 saturated carbocycles. The number of nitrogens with zero attached hydrogens (tertiary/aromatic N) is 1. The van der Waals surface area contributed by atoms with Gasteiger partial charge in [-0.15, -0.1) is 0 Å². The smallest absolute Gasteiger partial charge is 0.238 e. The molecule has 1 aliphatic heterocycles. The maximum Gasteiger partial charge on any atom is 0.238 e. The van der Waals surface area contributed by atoms with Gasteiger partial charge in [0.1, 0.15) is 6.17 Å². The lowest BCUT2D eigenvalue weighted by molar-refractivity contribution is -0.128. The number of rotatable bonds is 4. The van der Waals surface area contributed by atoms with Crippen molar-refractivity contribution in [2.75, 3.05) is 13.1 Å². The van der Waals surface area contributed by atoms with Gasteiger partial charge in [0.2, 0.25) is 5.91 Å². The zero-order chi connectivity index (χ0) is 12.6. The van der Waals surface area contributed by atoms with Crippen LogP contribution in [0.25, 0.3) is 0 Å². The van der Waals surface area contributed by atoms with E-state index in [0.717, 1.165) is 6.54 Å². The SMILES string of the molecule is CCC1(CN2C(=O)CNC2c2ccccc2)CC1. The molecule has 2 aliphatic rings. The summed E-state index contributed by atoms with van der Waals surface area (Å²) in [5.74, 6) is 0.239. The van der Waals surface area contributed by atoms with Gasteiger partial charge in [0.25, 0.3) is 0 Å². The van der Waals surface area contributed by atoms with Crippen molar-refractivity contribution in [3.8, 4) is 0 Å². The highest BCUT2D eigenvalue weighted by molar-refractivity contribution is 5.81. The molecule has 3 nitrogen and oxygen atoms in total. The summed E-state index contributed by atoms with van der Waals surface area (Å²) in [6, 6.07) is 10.3. The Morgan fingerprint density at radius 3 is 2.67 bits per heavy atom. The average Bonchev–Trinajstić information content (AvgIpc) is 3.10. The predicted octanol–water partition coefficient (Wildman–Crippen LogP) is 2.31. The molecule has 1 unspecified atom stereocenters. The molecule has 0 aromatic heterocycles. The fourth-order valence-electron chi connectivity index (χ4n) is 2.81. The molecule has 18 heavy (non-hydrogen) atoms. The second-order valence-corrected chi connectivity index (χ2v) is 5.57. The minimum absolute atomic E-state index is 0.0720. The van der Waals surface area contributed by atoms with Crippen LogP contribution >= 0.6 is 0 Å². The molecule has 1 amide bonds. The Kier molecular flexibility index (Phi) is 2.86. The Labute approximate surface area is 108 Å². The van der Waals surface area contributed by atoms with Crippen LogP contribution in [0.4, 0.5) is 0 Å². The first-order chi connectivity index (χ1) is 8.74. The van der Waals surface area contributed by atoms with Crippen molar-refractivity contribution in [1.29, 1.82) is 0 Å². The van der Waals surface area contributed by atoms with Gasteiger partial charge in [-0.05, 0) is 30.2 Å². The number of hydrogen-bond acceptors (Lipinski definition) is 2. The fraction of sp³-hybridized carbons (Fsp3) is 0.533. The molecule has 1 saturated heterocycles. The van der Waals surface area contributed by atoms with Gasteiger partial charge in [0, 0.05) is 6.54 Å². The first-order valence-electron chi connectivity index (χ1n) is 6.82. The van der Waals surface area contributed by atoms with E-state index in [4.69, 9.17) is 0 Å². The third-order valence-corrected chi connectivity index (χ3v) is 4.41. The lowest BCUT2D eigenvalue weighted by Gasteiger charge is -2.28. The van der Waals surface area contributed by atoms with Gasteiger partial charge in [-0.25, -0.2) is 0 Å². The summed E-state index contributed by atoms with van der Waals surface area (Å²) in [7, 11) is 0. The first kappa shape index (κ1) is 11.7. The molecule has 1 aromatic carbocycles. The number of carbonyl (C=O) groups excluding carboxylic acids is 1. The van der Waals surface area contributed by atoms with Crippen LogP contribution in [0.15, 0.2) is 30.3 Å². The highest BCUT2D eigenvalue weighted by Gasteiger charge is 2.45. The van der Waals surface area contributed by atoms with Gasteiger partial charge in [0.05, 0.1) is 6.54 Å². The lowest BCUT2D eigenvalue weighted by Crippen LogP contribution is -2.35. The Bertz CT molecular complexity index is 439. The summed E-state index contributed by atoms with van der Waals surface area (Å²) < 4.78 is 0. The minimum Gasteiger partial charge on any atom is -0.321 e. The van der Waals surface area contributed by atoms with Crippen LogP contribution in [0.3, 0.4) is 0 Å². The second-order valence-electron chi connectivity index (χ2n) is 5.57. The number of benzene rings is 1. The van der Waals surface area contributed by atoms with Crippen molar-refractivity contribution in [3.63, 3.8) is 0 Å². The van der Waals surface area contributed by atoms with E-state index in [1.165, 1.54) is 24.8 Å².